The van der Waals surface area contributed by atoms with Crippen molar-refractivity contribution in [2.45, 2.75) is 6.54 Å². The average Bonchev–Trinajstić information content (AvgIpc) is 3.20. The number of carbonyl (C=O) groups is 2. The van der Waals surface area contributed by atoms with E-state index < -0.39 is 11.7 Å². The fourth-order valence-electron chi connectivity index (χ4n) is 2.35. The summed E-state index contributed by atoms with van der Waals surface area (Å²) < 4.78 is 12.8. The molecule has 2 aromatic carbocycles. The number of hydrogen-bond acceptors (Lipinski definition) is 3. The summed E-state index contributed by atoms with van der Waals surface area (Å²) in [7, 11) is 0. The first kappa shape index (κ1) is 17.3. The highest BCUT2D eigenvalue weighted by molar-refractivity contribution is 5.96. The molecule has 0 radical (unpaired) electrons. The van der Waals surface area contributed by atoms with Crippen molar-refractivity contribution in [1.82, 2.24) is 20.8 Å². The van der Waals surface area contributed by atoms with Crippen LogP contribution < -0.4 is 10.6 Å². The highest BCUT2D eigenvalue weighted by atomic mass is 19.1. The summed E-state index contributed by atoms with van der Waals surface area (Å²) in [5.74, 6) is -1.15. The topological polar surface area (TPSA) is 86.9 Å². The van der Waals surface area contributed by atoms with E-state index in [1.807, 2.05) is 30.3 Å². The Balaban J connectivity index is 1.45. The Hall–Kier alpha value is -3.48. The van der Waals surface area contributed by atoms with Gasteiger partial charge in [-0.15, -0.1) is 0 Å². The largest absolute Gasteiger partial charge is 0.350 e. The molecule has 7 heteroatoms. The van der Waals surface area contributed by atoms with Crippen LogP contribution in [-0.4, -0.2) is 28.6 Å². The van der Waals surface area contributed by atoms with Gasteiger partial charge in [-0.1, -0.05) is 24.3 Å². The fourth-order valence-corrected chi connectivity index (χ4v) is 2.35. The van der Waals surface area contributed by atoms with Gasteiger partial charge < -0.3 is 10.6 Å². The molecule has 6 nitrogen and oxygen atoms in total. The third kappa shape index (κ3) is 4.54. The Bertz CT molecular complexity index is 875. The second-order valence-electron chi connectivity index (χ2n) is 5.63. The van der Waals surface area contributed by atoms with Crippen molar-refractivity contribution < 1.29 is 14.0 Å². The minimum absolute atomic E-state index is 0.150. The monoisotopic (exact) mass is 352 g/mol. The lowest BCUT2D eigenvalue weighted by Gasteiger charge is -2.08. The van der Waals surface area contributed by atoms with Gasteiger partial charge in [0.15, 0.2) is 0 Å². The zero-order chi connectivity index (χ0) is 18.4. The van der Waals surface area contributed by atoms with Crippen LogP contribution in [0.2, 0.25) is 0 Å². The Morgan fingerprint density at radius 3 is 2.35 bits per heavy atom. The molecule has 0 fully saturated rings. The van der Waals surface area contributed by atoms with Gasteiger partial charge in [0.1, 0.15) is 5.82 Å². The molecule has 3 rings (SSSR count). The molecule has 0 aliphatic rings. The van der Waals surface area contributed by atoms with E-state index in [4.69, 9.17) is 0 Å². The molecule has 1 heterocycles. The molecule has 0 saturated heterocycles. The van der Waals surface area contributed by atoms with Gasteiger partial charge in [-0.05, 0) is 41.5 Å². The number of carbonyl (C=O) groups excluding carboxylic acids is 2. The van der Waals surface area contributed by atoms with E-state index in [1.165, 1.54) is 24.3 Å². The Labute approximate surface area is 149 Å². The van der Waals surface area contributed by atoms with Crippen molar-refractivity contribution in [2.24, 2.45) is 0 Å². The SMILES string of the molecule is O=C(CNC(=O)c1ccc(F)cc1)NCc1ccc(-c2ccn[nH]2)cc1. The van der Waals surface area contributed by atoms with Crippen molar-refractivity contribution in [3.05, 3.63) is 77.7 Å². The Morgan fingerprint density at radius 1 is 0.962 bits per heavy atom. The van der Waals surface area contributed by atoms with Gasteiger partial charge >= 0.3 is 0 Å². The second-order valence-corrected chi connectivity index (χ2v) is 5.63. The van der Waals surface area contributed by atoms with Crippen molar-refractivity contribution in [2.75, 3.05) is 6.54 Å². The van der Waals surface area contributed by atoms with Crippen molar-refractivity contribution in [1.29, 1.82) is 0 Å². The van der Waals surface area contributed by atoms with Crippen molar-refractivity contribution >= 4 is 11.8 Å². The minimum atomic E-state index is -0.427. The van der Waals surface area contributed by atoms with Gasteiger partial charge in [0.2, 0.25) is 5.91 Å². The molecule has 26 heavy (non-hydrogen) atoms. The maximum atomic E-state index is 12.8. The van der Waals surface area contributed by atoms with Crippen LogP contribution in [0.3, 0.4) is 0 Å². The summed E-state index contributed by atoms with van der Waals surface area (Å²) in [5, 5.41) is 12.0. The molecule has 0 spiro atoms. The van der Waals surface area contributed by atoms with Crippen LogP contribution in [-0.2, 0) is 11.3 Å². The predicted octanol–water partition coefficient (Wildman–Crippen LogP) is 2.26. The van der Waals surface area contributed by atoms with E-state index >= 15 is 0 Å². The molecule has 132 valence electrons. The third-order valence-corrected chi connectivity index (χ3v) is 3.77. The number of rotatable bonds is 6. The molecule has 1 aromatic heterocycles. The average molecular weight is 352 g/mol. The number of amides is 2. The quantitative estimate of drug-likeness (QED) is 0.636. The van der Waals surface area contributed by atoms with Crippen molar-refractivity contribution in [3.63, 3.8) is 0 Å². The first-order valence-corrected chi connectivity index (χ1v) is 8.01. The maximum absolute atomic E-state index is 12.8. The molecule has 0 aliphatic heterocycles. The van der Waals surface area contributed by atoms with Crippen molar-refractivity contribution in [3.8, 4) is 11.3 Å². The van der Waals surface area contributed by atoms with E-state index in [0.29, 0.717) is 12.1 Å². The molecule has 2 amide bonds. The van der Waals surface area contributed by atoms with Crippen LogP contribution in [0.25, 0.3) is 11.3 Å². The maximum Gasteiger partial charge on any atom is 0.251 e. The number of nitrogens with one attached hydrogen (secondary N) is 3. The number of hydrogen-bond donors (Lipinski definition) is 3. The standard InChI is InChI=1S/C19H17FN4O2/c20-16-7-5-15(6-8-16)19(26)22-12-18(25)21-11-13-1-3-14(4-2-13)17-9-10-23-24-17/h1-10H,11-12H2,(H,21,25)(H,22,26)(H,23,24). The van der Waals surface area contributed by atoms with Crippen LogP contribution in [0.5, 0.6) is 0 Å². The molecule has 3 N–H and O–H groups in total. The number of aromatic amines is 1. The normalized spacial score (nSPS) is 10.3. The third-order valence-electron chi connectivity index (χ3n) is 3.77. The lowest BCUT2D eigenvalue weighted by molar-refractivity contribution is -0.120. The zero-order valence-corrected chi connectivity index (χ0v) is 13.8. The fraction of sp³-hybridized carbons (Fsp3) is 0.105. The molecule has 3 aromatic rings. The molecular weight excluding hydrogens is 335 g/mol. The Kier molecular flexibility index (Phi) is 5.38. The van der Waals surface area contributed by atoms with Gasteiger partial charge in [0.25, 0.3) is 5.91 Å². The van der Waals surface area contributed by atoms with E-state index in [2.05, 4.69) is 20.8 Å². The molecule has 0 bridgehead atoms. The first-order valence-electron chi connectivity index (χ1n) is 8.01. The van der Waals surface area contributed by atoms with E-state index in [0.717, 1.165) is 16.8 Å². The molecule has 0 aliphatic carbocycles. The van der Waals surface area contributed by atoms with Crippen LogP contribution in [0.15, 0.2) is 60.8 Å². The lowest BCUT2D eigenvalue weighted by Crippen LogP contribution is -2.36. The molecular formula is C19H17FN4O2. The van der Waals surface area contributed by atoms with E-state index in [1.54, 1.807) is 6.20 Å². The zero-order valence-electron chi connectivity index (χ0n) is 13.8. The number of halogens is 1. The van der Waals surface area contributed by atoms with Crippen LogP contribution in [0.1, 0.15) is 15.9 Å². The summed E-state index contributed by atoms with van der Waals surface area (Å²) in [6.07, 6.45) is 1.68. The predicted molar refractivity (Wildman–Crippen MR) is 94.6 cm³/mol. The Morgan fingerprint density at radius 2 is 1.69 bits per heavy atom. The molecule has 0 saturated carbocycles. The van der Waals surface area contributed by atoms with E-state index in [9.17, 15) is 14.0 Å². The summed E-state index contributed by atoms with van der Waals surface area (Å²) in [5.41, 5.74) is 3.16. The lowest BCUT2D eigenvalue weighted by atomic mass is 10.1. The highest BCUT2D eigenvalue weighted by Crippen LogP contribution is 2.16. The smallest absolute Gasteiger partial charge is 0.251 e. The second kappa shape index (κ2) is 8.06. The van der Waals surface area contributed by atoms with Crippen LogP contribution in [0.4, 0.5) is 4.39 Å². The van der Waals surface area contributed by atoms with Crippen LogP contribution in [0, 0.1) is 5.82 Å². The number of H-pyrrole nitrogens is 1. The van der Waals surface area contributed by atoms with Crippen LogP contribution >= 0.6 is 0 Å². The molecule has 0 unspecified atom stereocenters. The minimum Gasteiger partial charge on any atom is -0.350 e. The number of benzene rings is 2. The number of nitrogens with zero attached hydrogens (tertiary/aromatic N) is 1. The summed E-state index contributed by atoms with van der Waals surface area (Å²) >= 11 is 0. The highest BCUT2D eigenvalue weighted by Gasteiger charge is 2.08. The number of aromatic nitrogens is 2. The summed E-state index contributed by atoms with van der Waals surface area (Å²) in [6, 6.07) is 14.7. The van der Waals surface area contributed by atoms with Gasteiger partial charge in [-0.25, -0.2) is 4.39 Å². The molecule has 0 atom stereocenters. The van der Waals surface area contributed by atoms with Gasteiger partial charge in [0.05, 0.1) is 12.2 Å². The van der Waals surface area contributed by atoms with Gasteiger partial charge in [0, 0.05) is 18.3 Å². The summed E-state index contributed by atoms with van der Waals surface area (Å²) in [4.78, 5) is 23.7. The van der Waals surface area contributed by atoms with Gasteiger partial charge in [-0.2, -0.15) is 5.10 Å². The van der Waals surface area contributed by atoms with E-state index in [-0.39, 0.29) is 12.5 Å². The van der Waals surface area contributed by atoms with Gasteiger partial charge in [-0.3, -0.25) is 14.7 Å². The summed E-state index contributed by atoms with van der Waals surface area (Å²) in [6.45, 7) is 0.205. The first-order chi connectivity index (χ1) is 12.6.